The summed E-state index contributed by atoms with van der Waals surface area (Å²) in [6.07, 6.45) is -0.0179. The van der Waals surface area contributed by atoms with Gasteiger partial charge in [-0.15, -0.1) is 0 Å². The molecule has 186 valence electrons. The van der Waals surface area contributed by atoms with Crippen LogP contribution in [0.2, 0.25) is 5.02 Å². The highest BCUT2D eigenvalue weighted by atomic mass is 35.5. The summed E-state index contributed by atoms with van der Waals surface area (Å²) in [4.78, 5) is 24.7. The zero-order chi connectivity index (χ0) is 25.2. The van der Waals surface area contributed by atoms with Crippen LogP contribution in [0.3, 0.4) is 0 Å². The second kappa shape index (κ2) is 10.1. The molecule has 1 saturated carbocycles. The number of methoxy groups -OCH3 is 1. The summed E-state index contributed by atoms with van der Waals surface area (Å²) in [5, 5.41) is 16.2. The first-order valence-corrected chi connectivity index (χ1v) is 11.1. The van der Waals surface area contributed by atoms with Gasteiger partial charge >= 0.3 is 0 Å². The lowest BCUT2D eigenvalue weighted by molar-refractivity contribution is -0.129. The summed E-state index contributed by atoms with van der Waals surface area (Å²) in [6, 6.07) is 7.75. The number of carbonyl (C=O) groups is 2. The van der Waals surface area contributed by atoms with Crippen molar-refractivity contribution in [3.63, 3.8) is 0 Å². The SMILES string of the molecule is COc1cc(OCC(=O)NC23CC(=C(NC(=O)COc4ccc(Cl)c(F)c4)C[C@@H]2O)C3)ccc1F. The number of amides is 2. The average Bonchev–Trinajstić information content (AvgIpc) is 2.80. The quantitative estimate of drug-likeness (QED) is 0.481. The number of halogens is 3. The second-order valence-corrected chi connectivity index (χ2v) is 8.76. The number of aliphatic hydroxyl groups excluding tert-OH is 1. The lowest BCUT2D eigenvalue weighted by Crippen LogP contribution is -2.65. The first-order chi connectivity index (χ1) is 16.7. The molecule has 0 heterocycles. The van der Waals surface area contributed by atoms with Crippen LogP contribution in [0, 0.1) is 11.6 Å². The molecule has 2 aromatic carbocycles. The van der Waals surface area contributed by atoms with Gasteiger partial charge in [0.25, 0.3) is 11.8 Å². The maximum atomic E-state index is 13.5. The summed E-state index contributed by atoms with van der Waals surface area (Å²) in [5.41, 5.74) is 0.659. The maximum Gasteiger partial charge on any atom is 0.262 e. The molecular weight excluding hydrogens is 486 g/mol. The lowest BCUT2D eigenvalue weighted by Gasteiger charge is -2.52. The van der Waals surface area contributed by atoms with Crippen LogP contribution >= 0.6 is 11.6 Å². The van der Waals surface area contributed by atoms with E-state index >= 15 is 0 Å². The van der Waals surface area contributed by atoms with Gasteiger partial charge in [0.2, 0.25) is 0 Å². The Morgan fingerprint density at radius 3 is 2.37 bits per heavy atom. The largest absolute Gasteiger partial charge is 0.494 e. The number of fused-ring (bicyclic) bond motifs is 2. The molecule has 0 unspecified atom stereocenters. The van der Waals surface area contributed by atoms with E-state index in [-0.39, 0.29) is 41.9 Å². The lowest BCUT2D eigenvalue weighted by atomic mass is 9.62. The number of carbonyl (C=O) groups excluding carboxylic acids is 2. The van der Waals surface area contributed by atoms with Crippen LogP contribution in [0.25, 0.3) is 0 Å². The molecule has 5 rings (SSSR count). The van der Waals surface area contributed by atoms with Gasteiger partial charge in [0.15, 0.2) is 24.8 Å². The van der Waals surface area contributed by atoms with Gasteiger partial charge in [-0.1, -0.05) is 11.6 Å². The van der Waals surface area contributed by atoms with Gasteiger partial charge in [-0.3, -0.25) is 9.59 Å². The first kappa shape index (κ1) is 24.7. The Kier molecular flexibility index (Phi) is 7.13. The number of ether oxygens (including phenoxy) is 3. The highest BCUT2D eigenvalue weighted by molar-refractivity contribution is 6.30. The highest BCUT2D eigenvalue weighted by Gasteiger charge is 2.52. The van der Waals surface area contributed by atoms with Gasteiger partial charge < -0.3 is 30.0 Å². The van der Waals surface area contributed by atoms with Crippen molar-refractivity contribution < 1.29 is 37.7 Å². The number of benzene rings is 2. The van der Waals surface area contributed by atoms with Gasteiger partial charge in [0.1, 0.15) is 17.3 Å². The van der Waals surface area contributed by atoms with E-state index in [1.165, 1.54) is 37.4 Å². The minimum absolute atomic E-state index is 0.00159. The summed E-state index contributed by atoms with van der Waals surface area (Å²) in [6.45, 7) is -0.671. The fourth-order valence-corrected chi connectivity index (χ4v) is 4.23. The Labute approximate surface area is 204 Å². The summed E-state index contributed by atoms with van der Waals surface area (Å²) >= 11 is 5.62. The molecule has 1 fully saturated rings. The van der Waals surface area contributed by atoms with Gasteiger partial charge in [-0.2, -0.15) is 0 Å². The Balaban J connectivity index is 1.27. The number of aliphatic hydroxyl groups is 1. The molecule has 8 nitrogen and oxygen atoms in total. The fraction of sp³-hybridized carbons (Fsp3) is 0.333. The van der Waals surface area contributed by atoms with Crippen molar-refractivity contribution in [2.45, 2.75) is 30.9 Å². The van der Waals surface area contributed by atoms with E-state index in [2.05, 4.69) is 10.6 Å². The van der Waals surface area contributed by atoms with Gasteiger partial charge in [0, 0.05) is 24.3 Å². The molecule has 0 saturated heterocycles. The van der Waals surface area contributed by atoms with E-state index in [1.807, 2.05) is 0 Å². The molecule has 2 bridgehead atoms. The molecule has 2 aromatic rings. The van der Waals surface area contributed by atoms with Crippen molar-refractivity contribution in [2.24, 2.45) is 0 Å². The summed E-state index contributed by atoms with van der Waals surface area (Å²) < 4.78 is 42.5. The molecule has 3 aliphatic rings. The third-order valence-corrected chi connectivity index (χ3v) is 6.26. The third kappa shape index (κ3) is 5.49. The molecule has 35 heavy (non-hydrogen) atoms. The minimum Gasteiger partial charge on any atom is -0.494 e. The average molecular weight is 509 g/mol. The number of rotatable bonds is 9. The van der Waals surface area contributed by atoms with Gasteiger partial charge in [0.05, 0.1) is 23.8 Å². The predicted octanol–water partition coefficient (Wildman–Crippen LogP) is 2.87. The minimum atomic E-state index is -0.920. The molecule has 0 aromatic heterocycles. The number of nitrogens with one attached hydrogen (secondary N) is 2. The fourth-order valence-electron chi connectivity index (χ4n) is 4.12. The van der Waals surface area contributed by atoms with E-state index in [0.717, 1.165) is 11.6 Å². The molecule has 0 radical (unpaired) electrons. The Morgan fingerprint density at radius 1 is 1.06 bits per heavy atom. The number of hydrogen-bond acceptors (Lipinski definition) is 6. The zero-order valence-corrected chi connectivity index (χ0v) is 19.5. The number of hydrogen-bond donors (Lipinski definition) is 3. The van der Waals surface area contributed by atoms with Crippen LogP contribution in [0.1, 0.15) is 19.3 Å². The maximum absolute atomic E-state index is 13.5. The van der Waals surface area contributed by atoms with Crippen molar-refractivity contribution in [3.05, 3.63) is 64.3 Å². The molecule has 1 atom stereocenters. The van der Waals surface area contributed by atoms with Crippen molar-refractivity contribution in [2.75, 3.05) is 20.3 Å². The smallest absolute Gasteiger partial charge is 0.262 e. The Hall–Kier alpha value is -3.37. The predicted molar refractivity (Wildman–Crippen MR) is 121 cm³/mol. The normalized spacial score (nSPS) is 20.5. The third-order valence-electron chi connectivity index (χ3n) is 5.95. The molecule has 0 spiro atoms. The first-order valence-electron chi connectivity index (χ1n) is 10.7. The molecule has 2 amide bonds. The topological polar surface area (TPSA) is 106 Å². The monoisotopic (exact) mass is 508 g/mol. The van der Waals surface area contributed by atoms with Crippen molar-refractivity contribution in [1.82, 2.24) is 10.6 Å². The molecule has 0 aliphatic heterocycles. The van der Waals surface area contributed by atoms with Gasteiger partial charge in [-0.05, 0) is 42.7 Å². The molecule has 3 aliphatic carbocycles. The van der Waals surface area contributed by atoms with E-state index in [4.69, 9.17) is 25.8 Å². The van der Waals surface area contributed by atoms with Gasteiger partial charge in [-0.25, -0.2) is 8.78 Å². The van der Waals surface area contributed by atoms with E-state index < -0.39 is 35.1 Å². The van der Waals surface area contributed by atoms with E-state index in [9.17, 15) is 23.5 Å². The Morgan fingerprint density at radius 2 is 1.71 bits per heavy atom. The van der Waals surface area contributed by atoms with Crippen LogP contribution < -0.4 is 24.8 Å². The van der Waals surface area contributed by atoms with Crippen molar-refractivity contribution in [3.8, 4) is 17.2 Å². The molecule has 11 heteroatoms. The standard InChI is InChI=1S/C24H23ClF2N2O6/c1-33-20-7-15(3-5-17(20)26)35-12-23(32)29-24-9-13(10-24)19(8-21(24)30)28-22(31)11-34-14-2-4-16(25)18(27)6-14/h2-7,21,30H,8-12H2,1H3,(H,28,31)(H,29,32)/t21-/m0/s1. The van der Waals surface area contributed by atoms with Crippen LogP contribution in [0.4, 0.5) is 8.78 Å². The van der Waals surface area contributed by atoms with Crippen LogP contribution in [-0.4, -0.2) is 48.9 Å². The van der Waals surface area contributed by atoms with E-state index in [0.29, 0.717) is 18.5 Å². The molecule has 3 N–H and O–H groups in total. The molecular formula is C24H23ClF2N2O6. The second-order valence-electron chi connectivity index (χ2n) is 8.36. The summed E-state index contributed by atoms with van der Waals surface area (Å²) in [7, 11) is 1.32. The van der Waals surface area contributed by atoms with Crippen molar-refractivity contribution in [1.29, 1.82) is 0 Å². The Bertz CT molecular complexity index is 1180. The van der Waals surface area contributed by atoms with Crippen LogP contribution in [0.15, 0.2) is 47.7 Å². The summed E-state index contributed by atoms with van der Waals surface area (Å²) in [5.74, 6) is -1.67. The van der Waals surface area contributed by atoms with E-state index in [1.54, 1.807) is 0 Å². The highest BCUT2D eigenvalue weighted by Crippen LogP contribution is 2.47. The van der Waals surface area contributed by atoms with Crippen molar-refractivity contribution >= 4 is 23.4 Å². The zero-order valence-electron chi connectivity index (χ0n) is 18.7. The van der Waals surface area contributed by atoms with Crippen LogP contribution in [-0.2, 0) is 9.59 Å². The van der Waals surface area contributed by atoms with Crippen LogP contribution in [0.5, 0.6) is 17.2 Å².